The fourth-order valence-corrected chi connectivity index (χ4v) is 3.75. The monoisotopic (exact) mass is 366 g/mol. The van der Waals surface area contributed by atoms with Crippen molar-refractivity contribution < 1.29 is 26.4 Å². The standard InChI is InChI=1S/C13H17F3N4O3S/c1-2-18-24(22,23)10-5-6-20(8-10)12(21)19-9-3-4-11(17-7-9)13(14,15)16/h3-4,7,10,18H,2,5-6,8H2,1H3,(H,19,21). The highest BCUT2D eigenvalue weighted by Gasteiger charge is 2.35. The molecule has 1 saturated heterocycles. The van der Waals surface area contributed by atoms with Crippen LogP contribution in [0, 0.1) is 0 Å². The van der Waals surface area contributed by atoms with Crippen LogP contribution in [0.4, 0.5) is 23.7 Å². The molecule has 11 heteroatoms. The molecule has 7 nitrogen and oxygen atoms in total. The second kappa shape index (κ2) is 6.93. The van der Waals surface area contributed by atoms with E-state index in [1.54, 1.807) is 6.92 Å². The first-order valence-corrected chi connectivity index (χ1v) is 8.75. The van der Waals surface area contributed by atoms with Crippen molar-refractivity contribution in [3.05, 3.63) is 24.0 Å². The van der Waals surface area contributed by atoms with Crippen molar-refractivity contribution >= 4 is 21.7 Å². The molecule has 0 radical (unpaired) electrons. The first-order valence-electron chi connectivity index (χ1n) is 7.21. The summed E-state index contributed by atoms with van der Waals surface area (Å²) in [6.07, 6.45) is -3.34. The molecule has 1 fully saturated rings. The van der Waals surface area contributed by atoms with Crippen LogP contribution in [-0.2, 0) is 16.2 Å². The third-order valence-corrected chi connectivity index (χ3v) is 5.48. The Morgan fingerprint density at radius 1 is 1.42 bits per heavy atom. The molecule has 2 N–H and O–H groups in total. The van der Waals surface area contributed by atoms with Gasteiger partial charge >= 0.3 is 12.2 Å². The van der Waals surface area contributed by atoms with Crippen molar-refractivity contribution in [1.82, 2.24) is 14.6 Å². The average Bonchev–Trinajstić information content (AvgIpc) is 2.97. The number of hydrogen-bond donors (Lipinski definition) is 2. The molecule has 1 unspecified atom stereocenters. The summed E-state index contributed by atoms with van der Waals surface area (Å²) in [7, 11) is -3.48. The molecular weight excluding hydrogens is 349 g/mol. The molecule has 1 aromatic heterocycles. The number of sulfonamides is 1. The van der Waals surface area contributed by atoms with E-state index in [9.17, 15) is 26.4 Å². The van der Waals surface area contributed by atoms with Gasteiger partial charge in [0, 0.05) is 19.6 Å². The molecule has 0 saturated carbocycles. The lowest BCUT2D eigenvalue weighted by Crippen LogP contribution is -2.38. The topological polar surface area (TPSA) is 91.4 Å². The molecule has 2 rings (SSSR count). The van der Waals surface area contributed by atoms with Crippen LogP contribution in [0.25, 0.3) is 0 Å². The number of carbonyl (C=O) groups excluding carboxylic acids is 1. The first-order chi connectivity index (χ1) is 11.1. The lowest BCUT2D eigenvalue weighted by molar-refractivity contribution is -0.141. The number of urea groups is 1. The van der Waals surface area contributed by atoms with Crippen LogP contribution < -0.4 is 10.0 Å². The zero-order chi connectivity index (χ0) is 18.0. The summed E-state index contributed by atoms with van der Waals surface area (Å²) in [6.45, 7) is 2.20. The lowest BCUT2D eigenvalue weighted by Gasteiger charge is -2.17. The van der Waals surface area contributed by atoms with Gasteiger partial charge in [-0.1, -0.05) is 6.92 Å². The van der Waals surface area contributed by atoms with Crippen molar-refractivity contribution in [1.29, 1.82) is 0 Å². The molecule has 0 spiro atoms. The minimum absolute atomic E-state index is 0.0230. The summed E-state index contributed by atoms with van der Waals surface area (Å²) >= 11 is 0. The number of anilines is 1. The van der Waals surface area contributed by atoms with Gasteiger partial charge in [0.15, 0.2) is 0 Å². The summed E-state index contributed by atoms with van der Waals surface area (Å²) in [6, 6.07) is 1.28. The maximum Gasteiger partial charge on any atom is 0.433 e. The Hall–Kier alpha value is -1.88. The Kier molecular flexibility index (Phi) is 5.33. The zero-order valence-corrected chi connectivity index (χ0v) is 13.6. The van der Waals surface area contributed by atoms with Crippen LogP contribution in [0.3, 0.4) is 0 Å². The number of rotatable bonds is 4. The Morgan fingerprint density at radius 2 is 2.12 bits per heavy atom. The Labute approximate surface area is 137 Å². The maximum absolute atomic E-state index is 12.4. The minimum Gasteiger partial charge on any atom is -0.323 e. The number of hydrogen-bond acceptors (Lipinski definition) is 4. The van der Waals surface area contributed by atoms with Gasteiger partial charge in [-0.2, -0.15) is 13.2 Å². The molecule has 1 aliphatic heterocycles. The van der Waals surface area contributed by atoms with Crippen LogP contribution in [0.5, 0.6) is 0 Å². The van der Waals surface area contributed by atoms with Crippen molar-refractivity contribution in [2.45, 2.75) is 24.8 Å². The second-order valence-electron chi connectivity index (χ2n) is 5.26. The molecular formula is C13H17F3N4O3S. The smallest absolute Gasteiger partial charge is 0.323 e. The van der Waals surface area contributed by atoms with Crippen molar-refractivity contribution in [2.24, 2.45) is 0 Å². The molecule has 1 aliphatic rings. The van der Waals surface area contributed by atoms with Gasteiger partial charge in [0.2, 0.25) is 10.0 Å². The quantitative estimate of drug-likeness (QED) is 0.848. The first kappa shape index (κ1) is 18.5. The molecule has 1 atom stereocenters. The number of likely N-dealkylation sites (tertiary alicyclic amines) is 1. The van der Waals surface area contributed by atoms with Gasteiger partial charge in [-0.15, -0.1) is 0 Å². The van der Waals surface area contributed by atoms with Gasteiger partial charge in [0.25, 0.3) is 0 Å². The number of aromatic nitrogens is 1. The van der Waals surface area contributed by atoms with E-state index in [4.69, 9.17) is 0 Å². The zero-order valence-electron chi connectivity index (χ0n) is 12.8. The number of nitrogens with zero attached hydrogens (tertiary/aromatic N) is 2. The molecule has 1 aromatic rings. The second-order valence-corrected chi connectivity index (χ2v) is 7.30. The molecule has 0 bridgehead atoms. The summed E-state index contributed by atoms with van der Waals surface area (Å²) < 4.78 is 63.5. The average molecular weight is 366 g/mol. The maximum atomic E-state index is 12.4. The van der Waals surface area contributed by atoms with E-state index >= 15 is 0 Å². The van der Waals surface area contributed by atoms with Crippen molar-refractivity contribution in [3.8, 4) is 0 Å². The van der Waals surface area contributed by atoms with Crippen LogP contribution in [0.1, 0.15) is 19.0 Å². The van der Waals surface area contributed by atoms with Gasteiger partial charge in [0.1, 0.15) is 5.69 Å². The minimum atomic E-state index is -4.55. The molecule has 2 heterocycles. The van der Waals surface area contributed by atoms with E-state index < -0.39 is 33.2 Å². The predicted molar refractivity (Wildman–Crippen MR) is 80.8 cm³/mol. The summed E-state index contributed by atoms with van der Waals surface area (Å²) in [5.41, 5.74) is -0.954. The highest BCUT2D eigenvalue weighted by Crippen LogP contribution is 2.28. The molecule has 2 amide bonds. The normalized spacial score (nSPS) is 18.7. The van der Waals surface area contributed by atoms with Crippen molar-refractivity contribution in [3.63, 3.8) is 0 Å². The Morgan fingerprint density at radius 3 is 2.67 bits per heavy atom. The van der Waals surface area contributed by atoms with Gasteiger partial charge in [0.05, 0.1) is 17.1 Å². The van der Waals surface area contributed by atoms with Gasteiger partial charge in [-0.25, -0.2) is 22.9 Å². The van der Waals surface area contributed by atoms with Crippen molar-refractivity contribution in [2.75, 3.05) is 25.0 Å². The van der Waals surface area contributed by atoms with Crippen LogP contribution in [0.2, 0.25) is 0 Å². The Balaban J connectivity index is 1.96. The van der Waals surface area contributed by atoms with Gasteiger partial charge < -0.3 is 10.2 Å². The fourth-order valence-electron chi connectivity index (χ4n) is 2.32. The molecule has 0 aliphatic carbocycles. The lowest BCUT2D eigenvalue weighted by atomic mass is 10.3. The number of nitrogens with one attached hydrogen (secondary N) is 2. The SMILES string of the molecule is CCNS(=O)(=O)C1CCN(C(=O)Nc2ccc(C(F)(F)F)nc2)C1. The van der Waals surface area contributed by atoms with Crippen LogP contribution in [-0.4, -0.2) is 49.2 Å². The summed E-state index contributed by atoms with van der Waals surface area (Å²) in [5.74, 6) is 0. The number of carbonyl (C=O) groups is 1. The molecule has 134 valence electrons. The molecule has 24 heavy (non-hydrogen) atoms. The number of alkyl halides is 3. The summed E-state index contributed by atoms with van der Waals surface area (Å²) in [4.78, 5) is 16.6. The van der Waals surface area contributed by atoms with E-state index in [1.165, 1.54) is 4.90 Å². The van der Waals surface area contributed by atoms with E-state index in [2.05, 4.69) is 15.0 Å². The third-order valence-electron chi connectivity index (χ3n) is 3.52. The molecule has 0 aromatic carbocycles. The van der Waals surface area contributed by atoms with E-state index in [0.29, 0.717) is 6.42 Å². The van der Waals surface area contributed by atoms with Crippen LogP contribution >= 0.6 is 0 Å². The van der Waals surface area contributed by atoms with E-state index in [-0.39, 0.29) is 25.3 Å². The third kappa shape index (κ3) is 4.35. The number of amides is 2. The number of pyridine rings is 1. The number of halogens is 3. The highest BCUT2D eigenvalue weighted by atomic mass is 32.2. The predicted octanol–water partition coefficient (Wildman–Crippen LogP) is 1.65. The van der Waals surface area contributed by atoms with E-state index in [1.807, 2.05) is 0 Å². The van der Waals surface area contributed by atoms with Crippen LogP contribution in [0.15, 0.2) is 18.3 Å². The van der Waals surface area contributed by atoms with Gasteiger partial charge in [-0.3, -0.25) is 0 Å². The highest BCUT2D eigenvalue weighted by molar-refractivity contribution is 7.90. The summed E-state index contributed by atoms with van der Waals surface area (Å²) in [5, 5.41) is 1.71. The van der Waals surface area contributed by atoms with Gasteiger partial charge in [-0.05, 0) is 18.6 Å². The largest absolute Gasteiger partial charge is 0.433 e. The Bertz CT molecular complexity index is 691. The fraction of sp³-hybridized carbons (Fsp3) is 0.538. The van der Waals surface area contributed by atoms with E-state index in [0.717, 1.165) is 18.3 Å².